The molecule has 0 radical (unpaired) electrons. The van der Waals surface area contributed by atoms with Crippen LogP contribution in [0.3, 0.4) is 0 Å². The van der Waals surface area contributed by atoms with Crippen LogP contribution >= 0.6 is 27.5 Å². The summed E-state index contributed by atoms with van der Waals surface area (Å²) < 4.78 is 14.5. The summed E-state index contributed by atoms with van der Waals surface area (Å²) in [6.45, 7) is 0.614. The number of nitrogens with two attached hydrogens (primary N) is 1. The van der Waals surface area contributed by atoms with E-state index in [1.165, 1.54) is 0 Å². The smallest absolute Gasteiger partial charge is 0.146 e. The second kappa shape index (κ2) is 3.80. The molecule has 0 amide bonds. The molecule has 0 bridgehead atoms. The van der Waals surface area contributed by atoms with Crippen LogP contribution in [0.1, 0.15) is 17.9 Å². The first kappa shape index (κ1) is 10.4. The molecule has 0 spiro atoms. The number of halogens is 3. The number of benzene rings is 1. The predicted molar refractivity (Wildman–Crippen MR) is 59.0 cm³/mol. The van der Waals surface area contributed by atoms with Gasteiger partial charge in [-0.3, -0.25) is 0 Å². The molecular formula is C10H10BrClFN. The Labute approximate surface area is 95.6 Å². The molecule has 1 saturated carbocycles. The quantitative estimate of drug-likeness (QED) is 0.825. The monoisotopic (exact) mass is 277 g/mol. The standard InChI is InChI=1S/C10H10BrClFN/c11-7-1-2-8(12)10(13)9(7)6-3-5(6)4-14/h1-2,5-6H,3-4,14H2. The van der Waals surface area contributed by atoms with E-state index in [9.17, 15) is 4.39 Å². The highest BCUT2D eigenvalue weighted by atomic mass is 79.9. The molecule has 1 aliphatic rings. The summed E-state index contributed by atoms with van der Waals surface area (Å²) in [5, 5.41) is 0.186. The van der Waals surface area contributed by atoms with Crippen molar-refractivity contribution in [1.29, 1.82) is 0 Å². The van der Waals surface area contributed by atoms with Crippen molar-refractivity contribution in [2.45, 2.75) is 12.3 Å². The lowest BCUT2D eigenvalue weighted by Gasteiger charge is -2.06. The highest BCUT2D eigenvalue weighted by Crippen LogP contribution is 2.50. The molecule has 1 fully saturated rings. The van der Waals surface area contributed by atoms with Crippen molar-refractivity contribution >= 4 is 27.5 Å². The Kier molecular flexibility index (Phi) is 2.82. The van der Waals surface area contributed by atoms with Gasteiger partial charge in [-0.1, -0.05) is 27.5 Å². The van der Waals surface area contributed by atoms with Crippen molar-refractivity contribution in [1.82, 2.24) is 0 Å². The fraction of sp³-hybridized carbons (Fsp3) is 0.400. The van der Waals surface area contributed by atoms with Gasteiger partial charge in [0.2, 0.25) is 0 Å². The molecule has 1 aromatic rings. The fourth-order valence-corrected chi connectivity index (χ4v) is 2.51. The topological polar surface area (TPSA) is 26.0 Å². The van der Waals surface area contributed by atoms with E-state index in [0.717, 1.165) is 10.9 Å². The molecule has 1 aliphatic carbocycles. The summed E-state index contributed by atoms with van der Waals surface area (Å²) in [6, 6.07) is 3.34. The molecule has 14 heavy (non-hydrogen) atoms. The van der Waals surface area contributed by atoms with Gasteiger partial charge in [0.1, 0.15) is 5.82 Å². The SMILES string of the molecule is NCC1CC1c1c(Br)ccc(Cl)c1F. The molecule has 0 aliphatic heterocycles. The fourth-order valence-electron chi connectivity index (χ4n) is 1.74. The third kappa shape index (κ3) is 1.69. The van der Waals surface area contributed by atoms with E-state index in [1.54, 1.807) is 12.1 Å². The van der Waals surface area contributed by atoms with Crippen LogP contribution in [-0.4, -0.2) is 6.54 Å². The van der Waals surface area contributed by atoms with Gasteiger partial charge in [-0.15, -0.1) is 0 Å². The molecule has 0 heterocycles. The van der Waals surface area contributed by atoms with Gasteiger partial charge in [0.15, 0.2) is 0 Å². The molecule has 4 heteroatoms. The van der Waals surface area contributed by atoms with E-state index in [1.807, 2.05) is 0 Å². The van der Waals surface area contributed by atoms with Gasteiger partial charge in [0, 0.05) is 10.0 Å². The third-order valence-electron chi connectivity index (χ3n) is 2.68. The highest BCUT2D eigenvalue weighted by molar-refractivity contribution is 9.10. The maximum atomic E-state index is 13.7. The van der Waals surface area contributed by atoms with Gasteiger partial charge in [0.25, 0.3) is 0 Å². The molecule has 1 nitrogen and oxygen atoms in total. The minimum absolute atomic E-state index is 0.186. The summed E-state index contributed by atoms with van der Waals surface area (Å²) in [6.07, 6.45) is 0.965. The Morgan fingerprint density at radius 3 is 2.86 bits per heavy atom. The van der Waals surface area contributed by atoms with E-state index >= 15 is 0 Å². The lowest BCUT2D eigenvalue weighted by atomic mass is 10.1. The number of hydrogen-bond acceptors (Lipinski definition) is 1. The molecule has 2 N–H and O–H groups in total. The van der Waals surface area contributed by atoms with E-state index in [-0.39, 0.29) is 16.8 Å². The van der Waals surface area contributed by atoms with E-state index in [0.29, 0.717) is 18.0 Å². The zero-order valence-corrected chi connectivity index (χ0v) is 9.78. The molecule has 2 unspecified atom stereocenters. The largest absolute Gasteiger partial charge is 0.330 e. The van der Waals surface area contributed by atoms with Gasteiger partial charge >= 0.3 is 0 Å². The van der Waals surface area contributed by atoms with E-state index < -0.39 is 0 Å². The van der Waals surface area contributed by atoms with Crippen molar-refractivity contribution in [2.24, 2.45) is 11.7 Å². The van der Waals surface area contributed by atoms with Crippen LogP contribution in [0.25, 0.3) is 0 Å². The Balaban J connectivity index is 2.38. The second-order valence-corrected chi connectivity index (χ2v) is 4.86. The van der Waals surface area contributed by atoms with Gasteiger partial charge in [0.05, 0.1) is 5.02 Å². The molecular weight excluding hydrogens is 268 g/mol. The lowest BCUT2D eigenvalue weighted by Crippen LogP contribution is -2.03. The van der Waals surface area contributed by atoms with Crippen molar-refractivity contribution in [3.63, 3.8) is 0 Å². The summed E-state index contributed by atoms with van der Waals surface area (Å²) in [5.74, 6) is 0.356. The first-order valence-electron chi connectivity index (χ1n) is 4.48. The van der Waals surface area contributed by atoms with Crippen LogP contribution in [-0.2, 0) is 0 Å². The zero-order chi connectivity index (χ0) is 10.3. The second-order valence-electron chi connectivity index (χ2n) is 3.59. The van der Waals surface area contributed by atoms with Gasteiger partial charge in [-0.2, -0.15) is 0 Å². The summed E-state index contributed by atoms with van der Waals surface area (Å²) in [7, 11) is 0. The Bertz CT molecular complexity index is 369. The highest BCUT2D eigenvalue weighted by Gasteiger charge is 2.40. The van der Waals surface area contributed by atoms with E-state index in [2.05, 4.69) is 15.9 Å². The molecule has 0 saturated heterocycles. The van der Waals surface area contributed by atoms with Crippen molar-refractivity contribution in [3.05, 3.63) is 33.0 Å². The first-order chi connectivity index (χ1) is 6.65. The van der Waals surface area contributed by atoms with Crippen molar-refractivity contribution in [2.75, 3.05) is 6.54 Å². The summed E-state index contributed by atoms with van der Waals surface area (Å²) >= 11 is 9.06. The average Bonchev–Trinajstić information content (AvgIpc) is 2.92. The Morgan fingerprint density at radius 2 is 2.29 bits per heavy atom. The Hall–Kier alpha value is -0.120. The predicted octanol–water partition coefficient (Wildman–Crippen LogP) is 3.30. The van der Waals surface area contributed by atoms with Gasteiger partial charge in [-0.05, 0) is 36.9 Å². The lowest BCUT2D eigenvalue weighted by molar-refractivity contribution is 0.605. The molecule has 0 aromatic heterocycles. The van der Waals surface area contributed by atoms with Gasteiger partial charge < -0.3 is 5.73 Å². The summed E-state index contributed by atoms with van der Waals surface area (Å²) in [4.78, 5) is 0. The van der Waals surface area contributed by atoms with Gasteiger partial charge in [-0.25, -0.2) is 4.39 Å². The van der Waals surface area contributed by atoms with Crippen LogP contribution < -0.4 is 5.73 Å². The maximum Gasteiger partial charge on any atom is 0.146 e. The average molecular weight is 279 g/mol. The third-order valence-corrected chi connectivity index (χ3v) is 3.66. The molecule has 2 rings (SSSR count). The first-order valence-corrected chi connectivity index (χ1v) is 5.65. The van der Waals surface area contributed by atoms with Crippen molar-refractivity contribution in [3.8, 4) is 0 Å². The van der Waals surface area contributed by atoms with Crippen LogP contribution in [0.4, 0.5) is 4.39 Å². The van der Waals surface area contributed by atoms with Crippen LogP contribution in [0, 0.1) is 11.7 Å². The molecule has 2 atom stereocenters. The Morgan fingerprint density at radius 1 is 1.57 bits per heavy atom. The molecule has 1 aromatic carbocycles. The minimum atomic E-state index is -0.304. The number of rotatable bonds is 2. The number of hydrogen-bond donors (Lipinski definition) is 1. The zero-order valence-electron chi connectivity index (χ0n) is 7.43. The van der Waals surface area contributed by atoms with Crippen molar-refractivity contribution < 1.29 is 4.39 Å². The van der Waals surface area contributed by atoms with Crippen LogP contribution in [0.2, 0.25) is 5.02 Å². The van der Waals surface area contributed by atoms with Crippen LogP contribution in [0.5, 0.6) is 0 Å². The normalized spacial score (nSPS) is 25.1. The molecule has 76 valence electrons. The van der Waals surface area contributed by atoms with Crippen LogP contribution in [0.15, 0.2) is 16.6 Å². The maximum absolute atomic E-state index is 13.7. The van der Waals surface area contributed by atoms with E-state index in [4.69, 9.17) is 17.3 Å². The minimum Gasteiger partial charge on any atom is -0.330 e. The summed E-state index contributed by atoms with van der Waals surface area (Å²) in [5.41, 5.74) is 6.22.